The predicted octanol–water partition coefficient (Wildman–Crippen LogP) is 3.27. The molecule has 1 aromatic carbocycles. The summed E-state index contributed by atoms with van der Waals surface area (Å²) in [5.41, 5.74) is 1.08. The van der Waals surface area contributed by atoms with Gasteiger partial charge in [0.2, 0.25) is 0 Å². The third kappa shape index (κ3) is 3.20. The molecule has 15 heavy (non-hydrogen) atoms. The van der Waals surface area contributed by atoms with Gasteiger partial charge in [-0.25, -0.2) is 0 Å². The molecule has 0 N–H and O–H groups in total. The number of rotatable bonds is 3. The van der Waals surface area contributed by atoms with Crippen LogP contribution in [0.15, 0.2) is 48.8 Å². The number of ether oxygens (including phenoxy) is 1. The highest BCUT2D eigenvalue weighted by molar-refractivity contribution is 14.1. The van der Waals surface area contributed by atoms with Gasteiger partial charge in [0.1, 0.15) is 12.4 Å². The first-order valence-corrected chi connectivity index (χ1v) is 5.70. The zero-order valence-electron chi connectivity index (χ0n) is 8.06. The summed E-state index contributed by atoms with van der Waals surface area (Å²) in [6.07, 6.45) is 3.57. The van der Waals surface area contributed by atoms with Crippen LogP contribution in [0.25, 0.3) is 0 Å². The maximum absolute atomic E-state index is 5.63. The van der Waals surface area contributed by atoms with Crippen LogP contribution in [0, 0.1) is 3.57 Å². The second-order valence-corrected chi connectivity index (χ2v) is 4.35. The summed E-state index contributed by atoms with van der Waals surface area (Å²) in [4.78, 5) is 4.03. The molecule has 3 heteroatoms. The van der Waals surface area contributed by atoms with E-state index in [9.17, 15) is 0 Å². The summed E-state index contributed by atoms with van der Waals surface area (Å²) in [6.45, 7) is 0.563. The number of pyridine rings is 1. The molecular weight excluding hydrogens is 301 g/mol. The fourth-order valence-corrected chi connectivity index (χ4v) is 1.72. The highest BCUT2D eigenvalue weighted by atomic mass is 127. The molecule has 2 aromatic rings. The van der Waals surface area contributed by atoms with E-state index >= 15 is 0 Å². The van der Waals surface area contributed by atoms with Crippen molar-refractivity contribution in [3.05, 3.63) is 57.9 Å². The van der Waals surface area contributed by atoms with E-state index in [1.807, 2.05) is 42.6 Å². The Morgan fingerprint density at radius 3 is 2.87 bits per heavy atom. The third-order valence-corrected chi connectivity index (χ3v) is 2.60. The first kappa shape index (κ1) is 10.4. The molecular formula is C12H10INO. The van der Waals surface area contributed by atoms with Crippen LogP contribution in [0.4, 0.5) is 0 Å². The standard InChI is InChI=1S/C12H10INO/c13-11-4-1-5-12(7-11)15-9-10-3-2-6-14-8-10/h1-8H,9H2. The van der Waals surface area contributed by atoms with Gasteiger partial charge in [-0.15, -0.1) is 0 Å². The fourth-order valence-electron chi connectivity index (χ4n) is 1.21. The predicted molar refractivity (Wildman–Crippen MR) is 67.7 cm³/mol. The molecule has 0 aliphatic rings. The smallest absolute Gasteiger partial charge is 0.120 e. The summed E-state index contributed by atoms with van der Waals surface area (Å²) >= 11 is 2.27. The van der Waals surface area contributed by atoms with Crippen molar-refractivity contribution < 1.29 is 4.74 Å². The van der Waals surface area contributed by atoms with Crippen molar-refractivity contribution in [1.82, 2.24) is 4.98 Å². The first-order valence-electron chi connectivity index (χ1n) is 4.62. The average Bonchev–Trinajstić information content (AvgIpc) is 2.28. The van der Waals surface area contributed by atoms with Crippen molar-refractivity contribution in [1.29, 1.82) is 0 Å². The molecule has 0 aliphatic heterocycles. The quantitative estimate of drug-likeness (QED) is 0.812. The minimum Gasteiger partial charge on any atom is -0.489 e. The third-order valence-electron chi connectivity index (χ3n) is 1.92. The molecule has 0 amide bonds. The summed E-state index contributed by atoms with van der Waals surface area (Å²) < 4.78 is 6.81. The van der Waals surface area contributed by atoms with Crippen molar-refractivity contribution in [3.63, 3.8) is 0 Å². The van der Waals surface area contributed by atoms with Gasteiger partial charge in [0.05, 0.1) is 0 Å². The summed E-state index contributed by atoms with van der Waals surface area (Å²) in [6, 6.07) is 11.9. The van der Waals surface area contributed by atoms with Crippen LogP contribution >= 0.6 is 22.6 Å². The second kappa shape index (κ2) is 5.11. The van der Waals surface area contributed by atoms with Crippen LogP contribution < -0.4 is 4.74 Å². The Morgan fingerprint density at radius 1 is 1.20 bits per heavy atom. The summed E-state index contributed by atoms with van der Waals surface area (Å²) in [5, 5.41) is 0. The molecule has 0 radical (unpaired) electrons. The largest absolute Gasteiger partial charge is 0.489 e. The van der Waals surface area contributed by atoms with Crippen molar-refractivity contribution in [2.24, 2.45) is 0 Å². The maximum atomic E-state index is 5.63. The Hall–Kier alpha value is -1.10. The van der Waals surface area contributed by atoms with Crippen LogP contribution in [0.5, 0.6) is 5.75 Å². The van der Waals surface area contributed by atoms with Gasteiger partial charge in [-0.2, -0.15) is 0 Å². The summed E-state index contributed by atoms with van der Waals surface area (Å²) in [7, 11) is 0. The van der Waals surface area contributed by atoms with Gasteiger partial charge >= 0.3 is 0 Å². The Kier molecular flexibility index (Phi) is 3.55. The van der Waals surface area contributed by atoms with Gasteiger partial charge in [0, 0.05) is 21.5 Å². The van der Waals surface area contributed by atoms with Crippen molar-refractivity contribution in [2.45, 2.75) is 6.61 Å². The Morgan fingerprint density at radius 2 is 2.13 bits per heavy atom. The highest BCUT2D eigenvalue weighted by Crippen LogP contribution is 2.15. The molecule has 0 spiro atoms. The van der Waals surface area contributed by atoms with E-state index in [1.54, 1.807) is 6.20 Å². The molecule has 0 unspecified atom stereocenters. The maximum Gasteiger partial charge on any atom is 0.120 e. The van der Waals surface area contributed by atoms with Crippen LogP contribution in [0.2, 0.25) is 0 Å². The van der Waals surface area contributed by atoms with Crippen LogP contribution in [-0.2, 0) is 6.61 Å². The lowest BCUT2D eigenvalue weighted by molar-refractivity contribution is 0.305. The lowest BCUT2D eigenvalue weighted by Gasteiger charge is -2.05. The molecule has 0 aliphatic carbocycles. The van der Waals surface area contributed by atoms with Gasteiger partial charge in [0.15, 0.2) is 0 Å². The molecule has 2 rings (SSSR count). The molecule has 1 heterocycles. The number of halogens is 1. The van der Waals surface area contributed by atoms with Crippen LogP contribution in [-0.4, -0.2) is 4.98 Å². The van der Waals surface area contributed by atoms with Gasteiger partial charge in [0.25, 0.3) is 0 Å². The summed E-state index contributed by atoms with van der Waals surface area (Å²) in [5.74, 6) is 0.894. The molecule has 0 atom stereocenters. The van der Waals surface area contributed by atoms with Gasteiger partial charge in [-0.05, 0) is 46.9 Å². The lowest BCUT2D eigenvalue weighted by atomic mass is 10.3. The Balaban J connectivity index is 1.99. The monoisotopic (exact) mass is 311 g/mol. The minimum atomic E-state index is 0.563. The van der Waals surface area contributed by atoms with E-state index in [2.05, 4.69) is 27.6 Å². The fraction of sp³-hybridized carbons (Fsp3) is 0.0833. The number of hydrogen-bond donors (Lipinski definition) is 0. The van der Waals surface area contributed by atoms with Crippen molar-refractivity contribution in [3.8, 4) is 5.75 Å². The molecule has 1 aromatic heterocycles. The number of benzene rings is 1. The second-order valence-electron chi connectivity index (χ2n) is 3.11. The van der Waals surface area contributed by atoms with Gasteiger partial charge < -0.3 is 4.74 Å². The highest BCUT2D eigenvalue weighted by Gasteiger charge is 1.95. The van der Waals surface area contributed by atoms with E-state index in [0.29, 0.717) is 6.61 Å². The normalized spacial score (nSPS) is 9.93. The number of nitrogens with zero attached hydrogens (tertiary/aromatic N) is 1. The Bertz CT molecular complexity index is 431. The number of aromatic nitrogens is 1. The molecule has 0 saturated carbocycles. The zero-order chi connectivity index (χ0) is 10.5. The van der Waals surface area contributed by atoms with E-state index in [0.717, 1.165) is 11.3 Å². The topological polar surface area (TPSA) is 22.1 Å². The minimum absolute atomic E-state index is 0.563. The van der Waals surface area contributed by atoms with Crippen LogP contribution in [0.3, 0.4) is 0 Å². The first-order chi connectivity index (χ1) is 7.34. The van der Waals surface area contributed by atoms with Gasteiger partial charge in [-0.1, -0.05) is 12.1 Å². The van der Waals surface area contributed by atoms with E-state index < -0.39 is 0 Å². The molecule has 0 bridgehead atoms. The molecule has 2 nitrogen and oxygen atoms in total. The number of hydrogen-bond acceptors (Lipinski definition) is 2. The molecule has 0 fully saturated rings. The van der Waals surface area contributed by atoms with Gasteiger partial charge in [-0.3, -0.25) is 4.98 Å². The lowest BCUT2D eigenvalue weighted by Crippen LogP contribution is -1.95. The van der Waals surface area contributed by atoms with Crippen molar-refractivity contribution in [2.75, 3.05) is 0 Å². The van der Waals surface area contributed by atoms with E-state index in [4.69, 9.17) is 4.74 Å². The SMILES string of the molecule is Ic1cccc(OCc2cccnc2)c1. The zero-order valence-corrected chi connectivity index (χ0v) is 10.2. The molecule has 0 saturated heterocycles. The van der Waals surface area contributed by atoms with Crippen molar-refractivity contribution >= 4 is 22.6 Å². The van der Waals surface area contributed by atoms with E-state index in [1.165, 1.54) is 3.57 Å². The average molecular weight is 311 g/mol. The van der Waals surface area contributed by atoms with Crippen LogP contribution in [0.1, 0.15) is 5.56 Å². The Labute approximate surface area is 102 Å². The molecule has 76 valence electrons. The van der Waals surface area contributed by atoms with E-state index in [-0.39, 0.29) is 0 Å².